The molecule has 0 saturated carbocycles. The van der Waals surface area contributed by atoms with Gasteiger partial charge in [0.2, 0.25) is 0 Å². The van der Waals surface area contributed by atoms with Crippen molar-refractivity contribution in [3.63, 3.8) is 0 Å². The molecule has 0 bridgehead atoms. The van der Waals surface area contributed by atoms with Gasteiger partial charge in [0.15, 0.2) is 0 Å². The Balaban J connectivity index is 2.39. The molecule has 0 aliphatic rings. The number of alkyl halides is 1. The highest BCUT2D eigenvalue weighted by Crippen LogP contribution is 2.19. The zero-order valence-electron chi connectivity index (χ0n) is 10.2. The van der Waals surface area contributed by atoms with Gasteiger partial charge in [-0.25, -0.2) is 4.68 Å². The molecular weight excluding hydrogens is 325 g/mol. The molecule has 0 spiro atoms. The maximum Gasteiger partial charge on any atom is 0.113 e. The summed E-state index contributed by atoms with van der Waals surface area (Å²) in [6, 6.07) is 8.07. The van der Waals surface area contributed by atoms with Crippen LogP contribution in [-0.4, -0.2) is 19.4 Å². The van der Waals surface area contributed by atoms with Gasteiger partial charge in [-0.15, -0.1) is 5.10 Å². The Kier molecular flexibility index (Phi) is 4.15. The van der Waals surface area contributed by atoms with E-state index in [4.69, 9.17) is 0 Å². The Bertz CT molecular complexity index is 542. The van der Waals surface area contributed by atoms with Crippen LogP contribution >= 0.6 is 22.6 Å². The SMILES string of the molecule is C/C(CCCI)=C(\C)n1nnc2ccccc21. The number of fused-ring (bicyclic) bond motifs is 1. The first-order valence-corrected chi connectivity index (χ1v) is 7.29. The minimum Gasteiger partial charge on any atom is -0.217 e. The summed E-state index contributed by atoms with van der Waals surface area (Å²) in [6.07, 6.45) is 2.35. The number of nitrogens with zero attached hydrogens (tertiary/aromatic N) is 3. The summed E-state index contributed by atoms with van der Waals surface area (Å²) in [5.41, 5.74) is 4.62. The number of allylic oxidation sites excluding steroid dienone is 2. The molecule has 0 atom stereocenters. The first-order chi connectivity index (χ1) is 8.24. The summed E-state index contributed by atoms with van der Waals surface area (Å²) >= 11 is 2.41. The van der Waals surface area contributed by atoms with Crippen LogP contribution in [0.3, 0.4) is 0 Å². The lowest BCUT2D eigenvalue weighted by atomic mass is 10.1. The number of hydrogen-bond donors (Lipinski definition) is 0. The average molecular weight is 341 g/mol. The van der Waals surface area contributed by atoms with Crippen LogP contribution in [0.5, 0.6) is 0 Å². The van der Waals surface area contributed by atoms with Gasteiger partial charge in [0, 0.05) is 5.70 Å². The zero-order chi connectivity index (χ0) is 12.3. The van der Waals surface area contributed by atoms with Gasteiger partial charge >= 0.3 is 0 Å². The molecule has 1 aromatic heterocycles. The van der Waals surface area contributed by atoms with Gasteiger partial charge in [-0.1, -0.05) is 45.5 Å². The molecule has 0 fully saturated rings. The van der Waals surface area contributed by atoms with Gasteiger partial charge in [-0.3, -0.25) is 0 Å². The quantitative estimate of drug-likeness (QED) is 0.624. The summed E-state index contributed by atoms with van der Waals surface area (Å²) in [7, 11) is 0. The Morgan fingerprint density at radius 1 is 1.29 bits per heavy atom. The van der Waals surface area contributed by atoms with Gasteiger partial charge in [-0.2, -0.15) is 0 Å². The summed E-state index contributed by atoms with van der Waals surface area (Å²) in [5.74, 6) is 0. The highest BCUT2D eigenvalue weighted by atomic mass is 127. The highest BCUT2D eigenvalue weighted by Gasteiger charge is 2.06. The Morgan fingerprint density at radius 3 is 2.82 bits per heavy atom. The standard InChI is InChI=1S/C13H16IN3/c1-10(6-5-9-14)11(2)17-13-8-4-3-7-12(13)15-16-17/h3-4,7-8H,5-6,9H2,1-2H3/b11-10-. The Hall–Kier alpha value is -0.910. The van der Waals surface area contributed by atoms with Gasteiger partial charge < -0.3 is 0 Å². The van der Waals surface area contributed by atoms with E-state index in [2.05, 4.69) is 52.8 Å². The molecule has 0 aliphatic heterocycles. The van der Waals surface area contributed by atoms with Gasteiger partial charge in [0.25, 0.3) is 0 Å². The third-order valence-electron chi connectivity index (χ3n) is 2.97. The number of rotatable bonds is 4. The molecule has 17 heavy (non-hydrogen) atoms. The van der Waals surface area contributed by atoms with E-state index in [-0.39, 0.29) is 0 Å². The lowest BCUT2D eigenvalue weighted by Crippen LogP contribution is -1.99. The summed E-state index contributed by atoms with van der Waals surface area (Å²) < 4.78 is 3.14. The van der Waals surface area contributed by atoms with Crippen LogP contribution in [0.4, 0.5) is 0 Å². The van der Waals surface area contributed by atoms with Crippen molar-refractivity contribution < 1.29 is 0 Å². The topological polar surface area (TPSA) is 30.7 Å². The van der Waals surface area contributed by atoms with Crippen molar-refractivity contribution in [2.24, 2.45) is 0 Å². The molecule has 2 rings (SSSR count). The third kappa shape index (κ3) is 2.68. The van der Waals surface area contributed by atoms with Gasteiger partial charge in [0.1, 0.15) is 5.52 Å². The molecule has 2 aromatic rings. The summed E-state index contributed by atoms with van der Waals surface area (Å²) in [4.78, 5) is 0. The predicted molar refractivity (Wildman–Crippen MR) is 80.2 cm³/mol. The molecule has 0 saturated heterocycles. The molecule has 0 N–H and O–H groups in total. The van der Waals surface area contributed by atoms with Crippen LogP contribution in [0.15, 0.2) is 29.8 Å². The molecular formula is C13H16IN3. The number of hydrogen-bond acceptors (Lipinski definition) is 2. The molecule has 1 heterocycles. The summed E-state index contributed by atoms with van der Waals surface area (Å²) in [6.45, 7) is 4.29. The lowest BCUT2D eigenvalue weighted by Gasteiger charge is -2.07. The molecule has 0 radical (unpaired) electrons. The van der Waals surface area contributed by atoms with Crippen LogP contribution < -0.4 is 0 Å². The van der Waals surface area contributed by atoms with Crippen molar-refractivity contribution >= 4 is 39.3 Å². The Morgan fingerprint density at radius 2 is 2.06 bits per heavy atom. The predicted octanol–water partition coefficient (Wildman–Crippen LogP) is 3.90. The van der Waals surface area contributed by atoms with Crippen molar-refractivity contribution in [1.82, 2.24) is 15.0 Å². The first-order valence-electron chi connectivity index (χ1n) is 5.77. The van der Waals surface area contributed by atoms with E-state index in [0.29, 0.717) is 0 Å². The van der Waals surface area contributed by atoms with Crippen LogP contribution in [0, 0.1) is 0 Å². The molecule has 0 aliphatic carbocycles. The molecule has 0 unspecified atom stereocenters. The average Bonchev–Trinajstić information content (AvgIpc) is 2.78. The number of aromatic nitrogens is 3. The van der Waals surface area contributed by atoms with E-state index >= 15 is 0 Å². The maximum atomic E-state index is 4.23. The van der Waals surface area contributed by atoms with E-state index in [1.165, 1.54) is 22.1 Å². The maximum absolute atomic E-state index is 4.23. The van der Waals surface area contributed by atoms with E-state index in [9.17, 15) is 0 Å². The largest absolute Gasteiger partial charge is 0.217 e. The van der Waals surface area contributed by atoms with E-state index in [0.717, 1.165) is 17.5 Å². The van der Waals surface area contributed by atoms with Crippen LogP contribution in [0.1, 0.15) is 26.7 Å². The first kappa shape index (κ1) is 12.5. The highest BCUT2D eigenvalue weighted by molar-refractivity contribution is 14.1. The molecule has 4 heteroatoms. The molecule has 0 amide bonds. The van der Waals surface area contributed by atoms with Crippen LogP contribution in [0.2, 0.25) is 0 Å². The number of benzene rings is 1. The van der Waals surface area contributed by atoms with E-state index in [1.807, 2.05) is 22.9 Å². The fourth-order valence-corrected chi connectivity index (χ4v) is 2.19. The number of halogens is 1. The third-order valence-corrected chi connectivity index (χ3v) is 3.74. The minimum absolute atomic E-state index is 0.952. The fourth-order valence-electron chi connectivity index (χ4n) is 1.81. The monoisotopic (exact) mass is 341 g/mol. The van der Waals surface area contributed by atoms with Crippen molar-refractivity contribution in [2.75, 3.05) is 4.43 Å². The van der Waals surface area contributed by atoms with E-state index < -0.39 is 0 Å². The van der Waals surface area contributed by atoms with Crippen molar-refractivity contribution in [2.45, 2.75) is 26.7 Å². The molecule has 1 aromatic carbocycles. The lowest BCUT2D eigenvalue weighted by molar-refractivity contribution is 0.814. The van der Waals surface area contributed by atoms with Crippen molar-refractivity contribution in [3.05, 3.63) is 29.8 Å². The summed E-state index contributed by atoms with van der Waals surface area (Å²) in [5, 5.41) is 8.41. The van der Waals surface area contributed by atoms with Crippen LogP contribution in [0.25, 0.3) is 16.7 Å². The fraction of sp³-hybridized carbons (Fsp3) is 0.385. The minimum atomic E-state index is 0.952. The van der Waals surface area contributed by atoms with Gasteiger partial charge in [-0.05, 0) is 43.2 Å². The Labute approximate surface area is 115 Å². The molecule has 3 nitrogen and oxygen atoms in total. The second-order valence-corrected chi connectivity index (χ2v) is 5.23. The smallest absolute Gasteiger partial charge is 0.113 e. The zero-order valence-corrected chi connectivity index (χ0v) is 12.3. The van der Waals surface area contributed by atoms with Gasteiger partial charge in [0.05, 0.1) is 5.52 Å². The number of para-hydroxylation sites is 1. The van der Waals surface area contributed by atoms with Crippen molar-refractivity contribution in [3.8, 4) is 0 Å². The second kappa shape index (κ2) is 5.62. The molecule has 90 valence electrons. The van der Waals surface area contributed by atoms with E-state index in [1.54, 1.807) is 0 Å². The van der Waals surface area contributed by atoms with Crippen molar-refractivity contribution in [1.29, 1.82) is 0 Å². The second-order valence-electron chi connectivity index (χ2n) is 4.15. The van der Waals surface area contributed by atoms with Crippen LogP contribution in [-0.2, 0) is 0 Å². The normalized spacial score (nSPS) is 12.9.